The van der Waals surface area contributed by atoms with Crippen molar-refractivity contribution in [3.63, 3.8) is 0 Å². The van der Waals surface area contributed by atoms with Gasteiger partial charge < -0.3 is 9.88 Å². The van der Waals surface area contributed by atoms with Gasteiger partial charge in [0.05, 0.1) is 11.3 Å². The molecule has 1 N–H and O–H groups in total. The molecule has 0 spiro atoms. The molecule has 0 fully saturated rings. The number of nitrogens with zero attached hydrogens (tertiary/aromatic N) is 1. The Morgan fingerprint density at radius 2 is 1.69 bits per heavy atom. The molecule has 1 amide bonds. The van der Waals surface area contributed by atoms with Crippen LogP contribution in [-0.4, -0.2) is 10.5 Å². The van der Waals surface area contributed by atoms with Crippen molar-refractivity contribution in [1.82, 2.24) is 4.57 Å². The van der Waals surface area contributed by atoms with Crippen LogP contribution in [0.1, 0.15) is 18.5 Å². The van der Waals surface area contributed by atoms with Crippen LogP contribution in [0.3, 0.4) is 0 Å². The number of fused-ring (bicyclic) bond motifs is 1. The SMILES string of the molecule is CC(C(=O)Nc1ccccc1C(F)(F)F)n1ccc2ccccc2c1=O. The summed E-state index contributed by atoms with van der Waals surface area (Å²) in [6, 6.07) is 12.3. The summed E-state index contributed by atoms with van der Waals surface area (Å²) >= 11 is 0. The van der Waals surface area contributed by atoms with E-state index in [0.29, 0.717) is 5.39 Å². The molecule has 1 atom stereocenters. The molecule has 0 saturated heterocycles. The third-order valence-electron chi connectivity index (χ3n) is 4.13. The van der Waals surface area contributed by atoms with Crippen molar-refractivity contribution >= 4 is 22.4 Å². The number of aromatic nitrogens is 1. The number of hydrogen-bond acceptors (Lipinski definition) is 2. The van der Waals surface area contributed by atoms with E-state index in [-0.39, 0.29) is 11.2 Å². The zero-order valence-corrected chi connectivity index (χ0v) is 13.7. The van der Waals surface area contributed by atoms with Gasteiger partial charge in [0.1, 0.15) is 6.04 Å². The number of para-hydroxylation sites is 1. The predicted octanol–water partition coefficient (Wildman–Crippen LogP) is 4.22. The molecule has 0 aliphatic carbocycles. The van der Waals surface area contributed by atoms with E-state index in [1.807, 2.05) is 0 Å². The van der Waals surface area contributed by atoms with E-state index in [1.54, 1.807) is 30.3 Å². The molecule has 1 heterocycles. The molecular weight excluding hydrogens is 345 g/mol. The minimum atomic E-state index is -4.59. The molecular formula is C19H15F3N2O2. The highest BCUT2D eigenvalue weighted by molar-refractivity contribution is 5.94. The first kappa shape index (κ1) is 17.7. The number of carbonyl (C=O) groups excluding carboxylic acids is 1. The number of amides is 1. The number of benzene rings is 2. The fourth-order valence-electron chi connectivity index (χ4n) is 2.71. The van der Waals surface area contributed by atoms with Crippen molar-refractivity contribution < 1.29 is 18.0 Å². The van der Waals surface area contributed by atoms with Crippen molar-refractivity contribution in [1.29, 1.82) is 0 Å². The Hall–Kier alpha value is -3.09. The van der Waals surface area contributed by atoms with Crippen LogP contribution in [0, 0.1) is 0 Å². The minimum absolute atomic E-state index is 0.342. The summed E-state index contributed by atoms with van der Waals surface area (Å²) in [5, 5.41) is 3.43. The standard InChI is InChI=1S/C19H15F3N2O2/c1-12(24-11-10-13-6-2-3-7-14(13)18(24)26)17(25)23-16-9-5-4-8-15(16)19(20,21)22/h2-12H,1H3,(H,23,25). The quantitative estimate of drug-likeness (QED) is 0.760. The highest BCUT2D eigenvalue weighted by Crippen LogP contribution is 2.34. The van der Waals surface area contributed by atoms with Gasteiger partial charge in [-0.05, 0) is 36.6 Å². The Kier molecular flexibility index (Phi) is 4.54. The van der Waals surface area contributed by atoms with Crippen LogP contribution >= 0.6 is 0 Å². The summed E-state index contributed by atoms with van der Waals surface area (Å²) in [5.74, 6) is -0.709. The number of anilines is 1. The van der Waals surface area contributed by atoms with E-state index in [2.05, 4.69) is 5.32 Å². The Labute approximate surface area is 146 Å². The molecule has 3 rings (SSSR count). The summed E-state index contributed by atoms with van der Waals surface area (Å²) in [7, 11) is 0. The van der Waals surface area contributed by atoms with Gasteiger partial charge in [0, 0.05) is 11.6 Å². The van der Waals surface area contributed by atoms with Crippen LogP contribution in [0.25, 0.3) is 10.8 Å². The third kappa shape index (κ3) is 3.33. The van der Waals surface area contributed by atoms with Gasteiger partial charge in [-0.1, -0.05) is 30.3 Å². The van der Waals surface area contributed by atoms with E-state index in [4.69, 9.17) is 0 Å². The van der Waals surface area contributed by atoms with Gasteiger partial charge in [0.25, 0.3) is 5.56 Å². The second-order valence-corrected chi connectivity index (χ2v) is 5.82. The second kappa shape index (κ2) is 6.67. The molecule has 134 valence electrons. The van der Waals surface area contributed by atoms with E-state index in [0.717, 1.165) is 11.5 Å². The van der Waals surface area contributed by atoms with E-state index < -0.39 is 23.7 Å². The summed E-state index contributed by atoms with van der Waals surface area (Å²) < 4.78 is 40.4. The van der Waals surface area contributed by atoms with E-state index in [1.165, 1.54) is 35.9 Å². The molecule has 1 aromatic heterocycles. The van der Waals surface area contributed by atoms with E-state index in [9.17, 15) is 22.8 Å². The van der Waals surface area contributed by atoms with Crippen LogP contribution < -0.4 is 10.9 Å². The van der Waals surface area contributed by atoms with Gasteiger partial charge in [0.15, 0.2) is 0 Å². The number of hydrogen-bond donors (Lipinski definition) is 1. The zero-order chi connectivity index (χ0) is 18.9. The molecule has 1 unspecified atom stereocenters. The smallest absolute Gasteiger partial charge is 0.324 e. The van der Waals surface area contributed by atoms with Crippen LogP contribution in [0.15, 0.2) is 65.6 Å². The molecule has 26 heavy (non-hydrogen) atoms. The third-order valence-corrected chi connectivity index (χ3v) is 4.13. The first-order valence-electron chi connectivity index (χ1n) is 7.86. The average molecular weight is 360 g/mol. The lowest BCUT2D eigenvalue weighted by atomic mass is 10.1. The number of rotatable bonds is 3. The molecule has 7 heteroatoms. The number of halogens is 3. The monoisotopic (exact) mass is 360 g/mol. The maximum Gasteiger partial charge on any atom is 0.418 e. The van der Waals surface area contributed by atoms with E-state index >= 15 is 0 Å². The van der Waals surface area contributed by atoms with Crippen LogP contribution in [0.4, 0.5) is 18.9 Å². The fraction of sp³-hybridized carbons (Fsp3) is 0.158. The zero-order valence-electron chi connectivity index (χ0n) is 13.7. The maximum atomic E-state index is 13.1. The second-order valence-electron chi connectivity index (χ2n) is 5.82. The summed E-state index contributed by atoms with van der Waals surface area (Å²) in [6.45, 7) is 1.46. The van der Waals surface area contributed by atoms with Crippen molar-refractivity contribution in [3.05, 3.63) is 76.7 Å². The first-order chi connectivity index (χ1) is 12.3. The Morgan fingerprint density at radius 1 is 1.04 bits per heavy atom. The van der Waals surface area contributed by atoms with Crippen LogP contribution in [-0.2, 0) is 11.0 Å². The van der Waals surface area contributed by atoms with Gasteiger partial charge in [0.2, 0.25) is 5.91 Å². The normalized spacial score (nSPS) is 12.8. The van der Waals surface area contributed by atoms with Crippen molar-refractivity contribution in [2.75, 3.05) is 5.32 Å². The number of pyridine rings is 1. The minimum Gasteiger partial charge on any atom is -0.324 e. The molecule has 0 radical (unpaired) electrons. The van der Waals surface area contributed by atoms with Crippen molar-refractivity contribution in [3.8, 4) is 0 Å². The highest BCUT2D eigenvalue weighted by Gasteiger charge is 2.34. The maximum absolute atomic E-state index is 13.1. The van der Waals surface area contributed by atoms with Gasteiger partial charge in [-0.25, -0.2) is 0 Å². The Balaban J connectivity index is 1.93. The lowest BCUT2D eigenvalue weighted by Gasteiger charge is -2.18. The lowest BCUT2D eigenvalue weighted by Crippen LogP contribution is -2.31. The van der Waals surface area contributed by atoms with Gasteiger partial charge in [-0.3, -0.25) is 9.59 Å². The molecule has 0 aliphatic rings. The summed E-state index contributed by atoms with van der Waals surface area (Å²) in [6.07, 6.45) is -3.13. The Bertz CT molecular complexity index is 1020. The highest BCUT2D eigenvalue weighted by atomic mass is 19.4. The molecule has 0 saturated carbocycles. The largest absolute Gasteiger partial charge is 0.418 e. The van der Waals surface area contributed by atoms with Crippen molar-refractivity contribution in [2.45, 2.75) is 19.1 Å². The predicted molar refractivity (Wildman–Crippen MR) is 93.0 cm³/mol. The molecule has 4 nitrogen and oxygen atoms in total. The number of carbonyl (C=O) groups is 1. The van der Waals surface area contributed by atoms with Gasteiger partial charge >= 0.3 is 6.18 Å². The van der Waals surface area contributed by atoms with Crippen molar-refractivity contribution in [2.24, 2.45) is 0 Å². The molecule has 3 aromatic rings. The molecule has 2 aromatic carbocycles. The lowest BCUT2D eigenvalue weighted by molar-refractivity contribution is -0.137. The molecule has 0 bridgehead atoms. The average Bonchev–Trinajstić information content (AvgIpc) is 2.61. The first-order valence-corrected chi connectivity index (χ1v) is 7.86. The Morgan fingerprint density at radius 3 is 2.42 bits per heavy atom. The summed E-state index contributed by atoms with van der Waals surface area (Å²) in [4.78, 5) is 25.0. The summed E-state index contributed by atoms with van der Waals surface area (Å²) in [5.41, 5.74) is -1.66. The van der Waals surface area contributed by atoms with Gasteiger partial charge in [-0.2, -0.15) is 13.2 Å². The van der Waals surface area contributed by atoms with Crippen LogP contribution in [0.2, 0.25) is 0 Å². The van der Waals surface area contributed by atoms with Crippen LogP contribution in [0.5, 0.6) is 0 Å². The number of alkyl halides is 3. The molecule has 0 aliphatic heterocycles. The van der Waals surface area contributed by atoms with Gasteiger partial charge in [-0.15, -0.1) is 0 Å². The fourth-order valence-corrected chi connectivity index (χ4v) is 2.71. The topological polar surface area (TPSA) is 51.1 Å². The number of nitrogens with one attached hydrogen (secondary N) is 1.